The summed E-state index contributed by atoms with van der Waals surface area (Å²) >= 11 is 13.4. The molecule has 0 radical (unpaired) electrons. The van der Waals surface area contributed by atoms with Crippen molar-refractivity contribution in [2.75, 3.05) is 75.2 Å². The average molecular weight is 1680 g/mol. The van der Waals surface area contributed by atoms with Gasteiger partial charge in [0.2, 0.25) is 5.91 Å². The molecule has 6 atom stereocenters. The molecule has 2 aromatic heterocycles. The van der Waals surface area contributed by atoms with Crippen LogP contribution >= 0.6 is 34.5 Å². The van der Waals surface area contributed by atoms with E-state index in [1.165, 1.54) is 63.7 Å². The first-order valence-electron chi connectivity index (χ1n) is 38.2. The monoisotopic (exact) mass is 1670 g/mol. The molecule has 2 unspecified atom stereocenters. The normalized spacial score (nSPS) is 16.1. The number of likely N-dealkylation sites (N-methyl/N-ethyl adjacent to an activating group) is 1. The molecule has 0 spiro atoms. The van der Waals surface area contributed by atoms with Crippen LogP contribution in [0.5, 0.6) is 17.2 Å². The molecule has 1 aliphatic carbocycles. The minimum absolute atomic E-state index is 0.00715. The van der Waals surface area contributed by atoms with Gasteiger partial charge in [0.1, 0.15) is 35.0 Å². The van der Waals surface area contributed by atoms with E-state index >= 15 is 0 Å². The number of ether oxygens (including phenoxy) is 6. The summed E-state index contributed by atoms with van der Waals surface area (Å²) in [5.41, 5.74) is -3.25. The number of nitrogens with one attached hydrogen (secondary N) is 4. The minimum atomic E-state index is -5.01. The van der Waals surface area contributed by atoms with Gasteiger partial charge in [0.15, 0.2) is 17.7 Å². The number of H-pyrrole nitrogens is 2. The maximum absolute atomic E-state index is 13.6. The Balaban J connectivity index is 0.000000208. The van der Waals surface area contributed by atoms with Crippen LogP contribution in [-0.4, -0.2) is 157 Å². The van der Waals surface area contributed by atoms with E-state index in [0.717, 1.165) is 56.7 Å². The van der Waals surface area contributed by atoms with Crippen LogP contribution in [0.1, 0.15) is 173 Å². The predicted molar refractivity (Wildman–Crippen MR) is 440 cm³/mol. The number of Topliss-reactive ketones (excluding diaryl/α,β-unsaturated/α-hetero) is 1. The number of esters is 1. The van der Waals surface area contributed by atoms with Gasteiger partial charge >= 0.3 is 24.0 Å². The van der Waals surface area contributed by atoms with Crippen molar-refractivity contribution in [1.29, 1.82) is 0 Å². The first kappa shape index (κ1) is 94.4. The second-order valence-electron chi connectivity index (χ2n) is 30.3. The number of carbonyl (C=O) groups excluding carboxylic acids is 3. The predicted octanol–water partition coefficient (Wildman–Crippen LogP) is 18.8. The van der Waals surface area contributed by atoms with Crippen molar-refractivity contribution in [2.45, 2.75) is 172 Å². The Morgan fingerprint density at radius 3 is 1.97 bits per heavy atom. The number of ketones is 1. The first-order chi connectivity index (χ1) is 54.8. The van der Waals surface area contributed by atoms with Crippen LogP contribution in [0, 0.1) is 5.82 Å². The lowest BCUT2D eigenvalue weighted by molar-refractivity contribution is -0.231. The molecule has 116 heavy (non-hydrogen) atoms. The number of hydrogen-bond acceptors (Lipinski definition) is 17. The molecule has 1 saturated carbocycles. The third-order valence-electron chi connectivity index (χ3n) is 18.9. The molecule has 19 nitrogen and oxygen atoms in total. The fourth-order valence-corrected chi connectivity index (χ4v) is 14.2. The zero-order chi connectivity index (χ0) is 85.1. The molecular weight excluding hydrogens is 1570 g/mol. The molecule has 11 rings (SSSR count). The number of amides is 1. The highest BCUT2D eigenvalue weighted by Crippen LogP contribution is 2.43. The van der Waals surface area contributed by atoms with Gasteiger partial charge in [0.05, 0.1) is 61.8 Å². The number of alkyl halides is 6. The molecule has 630 valence electrons. The van der Waals surface area contributed by atoms with E-state index in [1.807, 2.05) is 46.9 Å². The lowest BCUT2D eigenvalue weighted by atomic mass is 9.72. The number of nitrogens with zero attached hydrogens (tertiary/aromatic N) is 4. The lowest BCUT2D eigenvalue weighted by Crippen LogP contribution is -2.46. The van der Waals surface area contributed by atoms with Gasteiger partial charge in [-0.25, -0.2) is 19.1 Å². The summed E-state index contributed by atoms with van der Waals surface area (Å²) in [5.74, 6) is 1.90. The molecule has 9 aromatic rings. The number of thiophene rings is 1. The quantitative estimate of drug-likeness (QED) is 0.0140. The summed E-state index contributed by atoms with van der Waals surface area (Å²) in [6.07, 6.45) is -5.19. The number of benzene rings is 7. The number of aliphatic hydroxyl groups is 1. The number of hydrogen-bond donors (Lipinski definition) is 5. The Morgan fingerprint density at radius 2 is 1.40 bits per heavy atom. The van der Waals surface area contributed by atoms with Crippen LogP contribution in [0.15, 0.2) is 180 Å². The topological polar surface area (TPSA) is 222 Å². The number of methoxy groups -OCH3 is 1. The molecule has 3 heterocycles. The first-order valence-corrected chi connectivity index (χ1v) is 39.8. The van der Waals surface area contributed by atoms with Crippen molar-refractivity contribution in [1.82, 2.24) is 40.5 Å². The van der Waals surface area contributed by atoms with Crippen molar-refractivity contribution in [2.24, 2.45) is 0 Å². The van der Waals surface area contributed by atoms with Crippen LogP contribution in [-0.2, 0) is 42.7 Å². The second kappa shape index (κ2) is 44.2. The largest absolute Gasteiger partial charge is 0.497 e. The average Bonchev–Trinajstić information content (AvgIpc) is 0.850. The summed E-state index contributed by atoms with van der Waals surface area (Å²) in [6, 6.07) is 46.4. The molecular formula is C87H107Cl2F7N8O11S. The highest BCUT2D eigenvalue weighted by Gasteiger charge is 2.42. The van der Waals surface area contributed by atoms with E-state index in [4.69, 9.17) is 51.6 Å². The highest BCUT2D eigenvalue weighted by molar-refractivity contribution is 7.10. The molecule has 0 bridgehead atoms. The molecule has 1 aliphatic heterocycles. The van der Waals surface area contributed by atoms with E-state index < -0.39 is 70.6 Å². The minimum Gasteiger partial charge on any atom is -0.497 e. The molecule has 7 aromatic carbocycles. The Morgan fingerprint density at radius 1 is 0.759 bits per heavy atom. The van der Waals surface area contributed by atoms with Gasteiger partial charge < -0.3 is 54.0 Å². The van der Waals surface area contributed by atoms with Crippen molar-refractivity contribution in [3.8, 4) is 17.2 Å². The lowest BCUT2D eigenvalue weighted by Gasteiger charge is -2.41. The van der Waals surface area contributed by atoms with Crippen molar-refractivity contribution in [3.63, 3.8) is 0 Å². The van der Waals surface area contributed by atoms with Crippen LogP contribution in [0.25, 0.3) is 10.8 Å². The molecule has 29 heteroatoms. The van der Waals surface area contributed by atoms with Gasteiger partial charge in [0.25, 0.3) is 0 Å². The van der Waals surface area contributed by atoms with E-state index in [0.29, 0.717) is 58.4 Å². The summed E-state index contributed by atoms with van der Waals surface area (Å²) in [7, 11) is 11.2. The number of fused-ring (bicyclic) bond motifs is 1. The van der Waals surface area contributed by atoms with Crippen LogP contribution in [0.2, 0.25) is 10.0 Å². The SMILES string of the molecule is CC(NC(C)(C)C)C(=O)c1cccc(Cl)c1.CN(C)C(=O)CCCOC(=O)C(C)(C)Oc1ccc(Cl)cc1.CNCC[C@H](Oc1cccc2ccccc12)c1cccs1.COc1ccc(C(CN(C)C)C2(O)CCCCC2)cc1.C[C@@H](O[C@@H]1OCCN(Cc2nc(=O)[nH][nH]2)[C@@H]1c1ccc(F)cc1)c1cc(C(F)(F)F)cc(C(F)(F)F)c1. The van der Waals surface area contributed by atoms with Crippen LogP contribution < -0.4 is 30.5 Å². The van der Waals surface area contributed by atoms with Crippen molar-refractivity contribution in [3.05, 3.63) is 246 Å². The number of morpholine rings is 1. The number of rotatable bonds is 27. The van der Waals surface area contributed by atoms with Gasteiger partial charge in [0, 0.05) is 77.4 Å². The zero-order valence-electron chi connectivity index (χ0n) is 67.7. The second-order valence-corrected chi connectivity index (χ2v) is 32.1. The van der Waals surface area contributed by atoms with Gasteiger partial charge in [-0.1, -0.05) is 121 Å². The zero-order valence-corrected chi connectivity index (χ0v) is 70.1. The molecule has 2 aliphatic rings. The third kappa shape index (κ3) is 30.0. The molecule has 1 amide bonds. The number of halogens is 9. The van der Waals surface area contributed by atoms with Crippen LogP contribution in [0.4, 0.5) is 30.7 Å². The van der Waals surface area contributed by atoms with E-state index in [1.54, 1.807) is 99.8 Å². The summed E-state index contributed by atoms with van der Waals surface area (Å²) in [6.45, 7) is 15.1. The Kier molecular flexibility index (Phi) is 36.0. The smallest absolute Gasteiger partial charge is 0.416 e. The number of aromatic amines is 2. The maximum atomic E-state index is 13.6. The fraction of sp³-hybridized carbons (Fsp3) is 0.437. The summed E-state index contributed by atoms with van der Waals surface area (Å²) in [4.78, 5) is 57.4. The third-order valence-corrected chi connectivity index (χ3v) is 20.4. The summed E-state index contributed by atoms with van der Waals surface area (Å²) in [5, 5.41) is 28.2. The standard InChI is InChI=1S/C23H21F7N4O3.C18H19NOS.C17H27NO2.C16H22ClNO4.C13H18ClNO/c1-12(14-8-15(22(25,26)27)10-16(9-14)23(28,29)30)37-20-19(13-2-4-17(24)5-3-13)34(6-7-36-20)11-18-31-21(35)33-32-18;1-19-12-11-17(18-10-5-13-21-18)20-16-9-4-7-14-6-2-3-8-15(14)16;1-18(2)13-16(17(19)11-5-4-6-12-17)14-7-9-15(20-3)10-8-14;1-16(2,22-13-9-7-12(17)8-10-13)15(20)21-11-5-6-14(19)18(3)4;1-9(15-13(2,3)4)12(16)10-6-5-7-11(14)8-10/h2-5,8-10,12,19-20H,6-7,11H2,1H3,(H2,31,32,33,35);2-10,13,17,19H,11-12H2,1H3;7-10,16,19H,4-6,11-13H2,1-3H3;7-10H,5-6,11H2,1-4H3;5-9,15H,1-4H3/t12-,19-,20+;17-;;;/m10.../s1. The van der Waals surface area contributed by atoms with Gasteiger partial charge in [-0.05, 0) is 214 Å². The van der Waals surface area contributed by atoms with Gasteiger partial charge in [-0.2, -0.15) is 31.3 Å². The van der Waals surface area contributed by atoms with Crippen molar-refractivity contribution >= 4 is 63.0 Å². The van der Waals surface area contributed by atoms with Crippen molar-refractivity contribution < 1.29 is 78.6 Å². The van der Waals surface area contributed by atoms with Gasteiger partial charge in [-0.15, -0.1) is 11.3 Å². The maximum Gasteiger partial charge on any atom is 0.416 e. The van der Waals surface area contributed by atoms with Crippen LogP contribution in [0.3, 0.4) is 0 Å². The van der Waals surface area contributed by atoms with Gasteiger partial charge in [-0.3, -0.25) is 19.6 Å². The number of aromatic nitrogens is 3. The Bertz CT molecular complexity index is 4520. The number of carbonyl (C=O) groups is 3. The molecule has 5 N–H and O–H groups in total. The molecule has 2 fully saturated rings. The Labute approximate surface area is 688 Å². The van der Waals surface area contributed by atoms with E-state index in [-0.39, 0.29) is 72.5 Å². The Hall–Kier alpha value is -8.74. The highest BCUT2D eigenvalue weighted by atomic mass is 35.5. The summed E-state index contributed by atoms with van der Waals surface area (Å²) < 4.78 is 128. The van der Waals surface area contributed by atoms with E-state index in [9.17, 15) is 55.0 Å². The fourth-order valence-electron chi connectivity index (χ4n) is 13.1. The van der Waals surface area contributed by atoms with E-state index in [2.05, 4.69) is 117 Å². The molecule has 1 saturated heterocycles.